The number of nitrogens with zero attached hydrogens (tertiary/aromatic N) is 1. The molecule has 2 aliphatic rings. The Balaban J connectivity index is 1.18. The first-order chi connectivity index (χ1) is 13.7. The van der Waals surface area contributed by atoms with Gasteiger partial charge in [0.1, 0.15) is 12.7 Å². The number of hydrogen-bond donors (Lipinski definition) is 1. The molecule has 0 bridgehead atoms. The highest BCUT2D eigenvalue weighted by molar-refractivity contribution is 5.94. The summed E-state index contributed by atoms with van der Waals surface area (Å²) in [6.45, 7) is 6.00. The highest BCUT2D eigenvalue weighted by Gasteiger charge is 2.24. The molecule has 5 nitrogen and oxygen atoms in total. The second kappa shape index (κ2) is 8.65. The van der Waals surface area contributed by atoms with Crippen molar-refractivity contribution >= 4 is 5.91 Å². The van der Waals surface area contributed by atoms with Crippen molar-refractivity contribution in [3.8, 4) is 11.5 Å². The molecule has 0 radical (unpaired) electrons. The maximum absolute atomic E-state index is 12.6. The molecule has 28 heavy (non-hydrogen) atoms. The van der Waals surface area contributed by atoms with Gasteiger partial charge < -0.3 is 19.7 Å². The zero-order valence-electron chi connectivity index (χ0n) is 16.4. The number of nitrogens with one attached hydrogen (secondary N) is 1. The molecule has 1 unspecified atom stereocenters. The van der Waals surface area contributed by atoms with Gasteiger partial charge in [-0.15, -0.1) is 0 Å². The van der Waals surface area contributed by atoms with Gasteiger partial charge in [0, 0.05) is 25.2 Å². The smallest absolute Gasteiger partial charge is 0.253 e. The summed E-state index contributed by atoms with van der Waals surface area (Å²) >= 11 is 0. The highest BCUT2D eigenvalue weighted by Crippen LogP contribution is 2.30. The van der Waals surface area contributed by atoms with Gasteiger partial charge in [0.05, 0.1) is 0 Å². The van der Waals surface area contributed by atoms with Crippen LogP contribution in [0.25, 0.3) is 0 Å². The van der Waals surface area contributed by atoms with Gasteiger partial charge in [0.25, 0.3) is 5.91 Å². The molecule has 148 valence electrons. The molecule has 1 atom stereocenters. The Morgan fingerprint density at radius 2 is 1.75 bits per heavy atom. The molecule has 2 aliphatic heterocycles. The van der Waals surface area contributed by atoms with Gasteiger partial charge in [-0.05, 0) is 56.5 Å². The van der Waals surface area contributed by atoms with E-state index in [1.54, 1.807) is 0 Å². The fourth-order valence-electron chi connectivity index (χ4n) is 3.83. The van der Waals surface area contributed by atoms with E-state index < -0.39 is 0 Å². The number of rotatable bonds is 5. The van der Waals surface area contributed by atoms with Crippen LogP contribution in [0.4, 0.5) is 0 Å². The molecule has 0 spiro atoms. The average Bonchev–Trinajstić information content (AvgIpc) is 2.74. The Bertz CT molecular complexity index is 798. The summed E-state index contributed by atoms with van der Waals surface area (Å²) in [6.07, 6.45) is 2.11. The number of piperidine rings is 1. The number of likely N-dealkylation sites (tertiary alicyclic amines) is 1. The molecule has 0 saturated carbocycles. The molecular weight excluding hydrogens is 352 g/mol. The quantitative estimate of drug-likeness (QED) is 0.865. The average molecular weight is 380 g/mol. The molecule has 0 aromatic heterocycles. The van der Waals surface area contributed by atoms with Crippen molar-refractivity contribution in [2.75, 3.05) is 32.8 Å². The van der Waals surface area contributed by atoms with Crippen LogP contribution in [0.15, 0.2) is 48.5 Å². The van der Waals surface area contributed by atoms with E-state index in [-0.39, 0.29) is 12.0 Å². The zero-order chi connectivity index (χ0) is 19.3. The van der Waals surface area contributed by atoms with E-state index >= 15 is 0 Å². The topological polar surface area (TPSA) is 50.8 Å². The summed E-state index contributed by atoms with van der Waals surface area (Å²) in [6, 6.07) is 15.7. The zero-order valence-corrected chi connectivity index (χ0v) is 16.4. The molecule has 1 fully saturated rings. The number of carbonyl (C=O) groups is 1. The summed E-state index contributed by atoms with van der Waals surface area (Å²) in [5.41, 5.74) is 1.97. The van der Waals surface area contributed by atoms with E-state index in [9.17, 15) is 4.79 Å². The Morgan fingerprint density at radius 1 is 1.04 bits per heavy atom. The van der Waals surface area contributed by atoms with Gasteiger partial charge in [0.15, 0.2) is 11.5 Å². The Kier molecular flexibility index (Phi) is 5.81. The van der Waals surface area contributed by atoms with Crippen molar-refractivity contribution in [3.63, 3.8) is 0 Å². The molecule has 2 aromatic rings. The van der Waals surface area contributed by atoms with E-state index in [4.69, 9.17) is 9.47 Å². The van der Waals surface area contributed by atoms with Crippen LogP contribution >= 0.6 is 0 Å². The lowest BCUT2D eigenvalue weighted by Gasteiger charge is -2.33. The van der Waals surface area contributed by atoms with E-state index in [0.29, 0.717) is 12.5 Å². The molecular formula is C23H28N2O3. The number of ether oxygens (including phenoxy) is 2. The van der Waals surface area contributed by atoms with Crippen LogP contribution in [0.3, 0.4) is 0 Å². The Morgan fingerprint density at radius 3 is 2.50 bits per heavy atom. The monoisotopic (exact) mass is 380 g/mol. The van der Waals surface area contributed by atoms with Crippen molar-refractivity contribution in [2.24, 2.45) is 5.92 Å². The van der Waals surface area contributed by atoms with Crippen molar-refractivity contribution in [1.29, 1.82) is 0 Å². The molecule has 5 heteroatoms. The van der Waals surface area contributed by atoms with Crippen LogP contribution in [0.1, 0.15) is 28.8 Å². The van der Waals surface area contributed by atoms with E-state index in [1.807, 2.05) is 60.4 Å². The summed E-state index contributed by atoms with van der Waals surface area (Å²) < 4.78 is 11.7. The number of benzene rings is 2. The second-order valence-electron chi connectivity index (χ2n) is 7.76. The minimum atomic E-state index is 0.0399. The van der Waals surface area contributed by atoms with Crippen molar-refractivity contribution in [2.45, 2.75) is 25.9 Å². The molecule has 1 N–H and O–H groups in total. The largest absolute Gasteiger partial charge is 0.486 e. The van der Waals surface area contributed by atoms with Gasteiger partial charge in [-0.3, -0.25) is 4.79 Å². The lowest BCUT2D eigenvalue weighted by Crippen LogP contribution is -2.43. The maximum atomic E-state index is 12.6. The maximum Gasteiger partial charge on any atom is 0.253 e. The summed E-state index contributed by atoms with van der Waals surface area (Å²) in [4.78, 5) is 14.6. The second-order valence-corrected chi connectivity index (χ2v) is 7.76. The molecule has 1 saturated heterocycles. The summed E-state index contributed by atoms with van der Waals surface area (Å²) in [5.74, 6) is 2.39. The van der Waals surface area contributed by atoms with Gasteiger partial charge >= 0.3 is 0 Å². The van der Waals surface area contributed by atoms with Crippen LogP contribution in [-0.4, -0.2) is 49.7 Å². The number of aryl methyl sites for hydroxylation is 1. The summed E-state index contributed by atoms with van der Waals surface area (Å²) in [5, 5.41) is 3.53. The van der Waals surface area contributed by atoms with Crippen LogP contribution in [0, 0.1) is 12.8 Å². The number of hydrogen-bond acceptors (Lipinski definition) is 4. The molecule has 1 amide bonds. The van der Waals surface area contributed by atoms with E-state index in [1.165, 1.54) is 5.56 Å². The first-order valence-electron chi connectivity index (χ1n) is 10.1. The number of fused-ring (bicyclic) bond motifs is 1. The third-order valence-corrected chi connectivity index (χ3v) is 5.57. The van der Waals surface area contributed by atoms with E-state index in [0.717, 1.165) is 56.1 Å². The number of para-hydroxylation sites is 2. The van der Waals surface area contributed by atoms with Crippen molar-refractivity contribution < 1.29 is 14.3 Å². The molecule has 2 aromatic carbocycles. The van der Waals surface area contributed by atoms with Gasteiger partial charge in [-0.2, -0.15) is 0 Å². The standard InChI is InChI=1S/C23H28N2O3/c1-17-6-8-19(9-7-17)23(26)25-12-10-18(11-13-25)14-24-15-20-16-27-21-4-2-3-5-22(21)28-20/h2-9,18,20,24H,10-16H2,1H3. The minimum Gasteiger partial charge on any atom is -0.486 e. The Hall–Kier alpha value is -2.53. The van der Waals surface area contributed by atoms with Crippen LogP contribution in [0.5, 0.6) is 11.5 Å². The van der Waals surface area contributed by atoms with Crippen LogP contribution in [0.2, 0.25) is 0 Å². The van der Waals surface area contributed by atoms with Crippen molar-refractivity contribution in [1.82, 2.24) is 10.2 Å². The molecule has 4 rings (SSSR count). The normalized spacial score (nSPS) is 19.5. The lowest BCUT2D eigenvalue weighted by molar-refractivity contribution is 0.0682. The fraction of sp³-hybridized carbons (Fsp3) is 0.435. The predicted molar refractivity (Wildman–Crippen MR) is 109 cm³/mol. The van der Waals surface area contributed by atoms with Crippen molar-refractivity contribution in [3.05, 3.63) is 59.7 Å². The highest BCUT2D eigenvalue weighted by atomic mass is 16.6. The van der Waals surface area contributed by atoms with Gasteiger partial charge in [-0.25, -0.2) is 0 Å². The third kappa shape index (κ3) is 4.47. The SMILES string of the molecule is Cc1ccc(C(=O)N2CCC(CNCC3COc4ccccc4O3)CC2)cc1. The Labute approximate surface area is 166 Å². The number of carbonyl (C=O) groups excluding carboxylic acids is 1. The molecule has 2 heterocycles. The fourth-order valence-corrected chi connectivity index (χ4v) is 3.83. The molecule has 0 aliphatic carbocycles. The van der Waals surface area contributed by atoms with Crippen LogP contribution in [-0.2, 0) is 0 Å². The number of amides is 1. The van der Waals surface area contributed by atoms with Gasteiger partial charge in [-0.1, -0.05) is 29.8 Å². The van der Waals surface area contributed by atoms with E-state index in [2.05, 4.69) is 5.32 Å². The first-order valence-corrected chi connectivity index (χ1v) is 10.1. The minimum absolute atomic E-state index is 0.0399. The first kappa shape index (κ1) is 18.8. The lowest BCUT2D eigenvalue weighted by atomic mass is 9.96. The van der Waals surface area contributed by atoms with Gasteiger partial charge in [0.2, 0.25) is 0 Å². The third-order valence-electron chi connectivity index (χ3n) is 5.57. The summed E-state index contributed by atoms with van der Waals surface area (Å²) in [7, 11) is 0. The van der Waals surface area contributed by atoms with Crippen LogP contribution < -0.4 is 14.8 Å². The predicted octanol–water partition coefficient (Wildman–Crippen LogP) is 3.28.